The summed E-state index contributed by atoms with van der Waals surface area (Å²) in [6, 6.07) is 5.69. The number of hydrogen-bond acceptors (Lipinski definition) is 1. The number of nitrogens with two attached hydrogens (primary N) is 1. The molecule has 3 N–H and O–H groups in total. The van der Waals surface area contributed by atoms with E-state index in [9.17, 15) is 0 Å². The van der Waals surface area contributed by atoms with E-state index in [4.69, 9.17) is 28.9 Å². The van der Waals surface area contributed by atoms with Crippen molar-refractivity contribution in [2.75, 3.05) is 13.1 Å². The fourth-order valence-corrected chi connectivity index (χ4v) is 2.72. The largest absolute Gasteiger partial charge is 0.370 e. The van der Waals surface area contributed by atoms with Gasteiger partial charge in [-0.2, -0.15) is 0 Å². The van der Waals surface area contributed by atoms with Crippen LogP contribution in [0.2, 0.25) is 10.0 Å². The summed E-state index contributed by atoms with van der Waals surface area (Å²) >= 11 is 12.1. The fraction of sp³-hybridized carbons (Fsp3) is 0.400. The van der Waals surface area contributed by atoms with E-state index >= 15 is 0 Å². The molecule has 108 valence electrons. The monoisotopic (exact) mass is 311 g/mol. The average Bonchev–Trinajstić information content (AvgIpc) is 3.13. The lowest BCUT2D eigenvalue weighted by atomic mass is 10.1. The maximum Gasteiger partial charge on any atom is 0.188 e. The first-order valence-electron chi connectivity index (χ1n) is 6.60. The molecule has 0 aromatic heterocycles. The van der Waals surface area contributed by atoms with Gasteiger partial charge in [-0.25, -0.2) is 4.99 Å². The predicted molar refractivity (Wildman–Crippen MR) is 86.6 cm³/mol. The summed E-state index contributed by atoms with van der Waals surface area (Å²) in [5, 5.41) is 4.56. The molecule has 1 aromatic carbocycles. The van der Waals surface area contributed by atoms with Crippen LogP contribution in [0.5, 0.6) is 0 Å². The maximum atomic E-state index is 6.21. The molecule has 2 rings (SSSR count). The topological polar surface area (TPSA) is 50.4 Å². The molecule has 0 spiro atoms. The van der Waals surface area contributed by atoms with Crippen LogP contribution in [0, 0.1) is 5.92 Å². The van der Waals surface area contributed by atoms with Gasteiger partial charge >= 0.3 is 0 Å². The summed E-state index contributed by atoms with van der Waals surface area (Å²) in [6.07, 6.45) is 1.11. The summed E-state index contributed by atoms with van der Waals surface area (Å²) in [5.74, 6) is 1.51. The molecule has 1 fully saturated rings. The summed E-state index contributed by atoms with van der Waals surface area (Å²) in [6.45, 7) is 7.09. The molecule has 1 aliphatic rings. The van der Waals surface area contributed by atoms with Crippen molar-refractivity contribution in [3.63, 3.8) is 0 Å². The van der Waals surface area contributed by atoms with Gasteiger partial charge in [-0.1, -0.05) is 41.4 Å². The third-order valence-corrected chi connectivity index (χ3v) is 3.91. The predicted octanol–water partition coefficient (Wildman–Crippen LogP) is 3.58. The number of nitrogens with zero attached hydrogens (tertiary/aromatic N) is 1. The van der Waals surface area contributed by atoms with Crippen molar-refractivity contribution < 1.29 is 0 Å². The molecule has 1 aromatic rings. The van der Waals surface area contributed by atoms with Crippen LogP contribution in [0.1, 0.15) is 24.8 Å². The number of benzene rings is 1. The molecule has 1 saturated carbocycles. The Kier molecular flexibility index (Phi) is 4.95. The van der Waals surface area contributed by atoms with Crippen molar-refractivity contribution in [3.05, 3.63) is 46.0 Å². The Morgan fingerprint density at radius 2 is 2.25 bits per heavy atom. The van der Waals surface area contributed by atoms with E-state index in [1.54, 1.807) is 6.07 Å². The molecular weight excluding hydrogens is 293 g/mol. The number of halogens is 2. The van der Waals surface area contributed by atoms with Crippen LogP contribution in [-0.2, 0) is 0 Å². The Morgan fingerprint density at radius 3 is 2.90 bits per heavy atom. The summed E-state index contributed by atoms with van der Waals surface area (Å²) in [7, 11) is 0. The third kappa shape index (κ3) is 4.15. The van der Waals surface area contributed by atoms with E-state index < -0.39 is 0 Å². The smallest absolute Gasteiger partial charge is 0.188 e. The highest BCUT2D eigenvalue weighted by Gasteiger charge is 2.39. The molecule has 5 heteroatoms. The van der Waals surface area contributed by atoms with Gasteiger partial charge in [0.15, 0.2) is 5.96 Å². The first kappa shape index (κ1) is 15.2. The minimum Gasteiger partial charge on any atom is -0.370 e. The van der Waals surface area contributed by atoms with Crippen molar-refractivity contribution in [1.82, 2.24) is 5.32 Å². The zero-order chi connectivity index (χ0) is 14.7. The number of rotatable bonds is 5. The van der Waals surface area contributed by atoms with E-state index in [1.165, 1.54) is 5.56 Å². The van der Waals surface area contributed by atoms with Gasteiger partial charge in [0.25, 0.3) is 0 Å². The number of hydrogen-bond donors (Lipinski definition) is 2. The first-order chi connectivity index (χ1) is 9.47. The van der Waals surface area contributed by atoms with E-state index in [2.05, 4.69) is 16.9 Å². The molecule has 2 atom stereocenters. The maximum absolute atomic E-state index is 6.21. The lowest BCUT2D eigenvalue weighted by molar-refractivity contribution is 0.741. The van der Waals surface area contributed by atoms with Gasteiger partial charge in [-0.3, -0.25) is 0 Å². The highest BCUT2D eigenvalue weighted by Crippen LogP contribution is 2.49. The van der Waals surface area contributed by atoms with Crippen molar-refractivity contribution >= 4 is 29.2 Å². The van der Waals surface area contributed by atoms with Gasteiger partial charge in [0.1, 0.15) is 0 Å². The SMILES string of the molecule is C=C(C)CN=C(N)NCC1CC1c1ccc(Cl)cc1Cl. The molecule has 20 heavy (non-hydrogen) atoms. The Morgan fingerprint density at radius 1 is 1.50 bits per heavy atom. The third-order valence-electron chi connectivity index (χ3n) is 3.35. The van der Waals surface area contributed by atoms with Crippen LogP contribution in [0.25, 0.3) is 0 Å². The summed E-state index contributed by atoms with van der Waals surface area (Å²) in [4.78, 5) is 4.19. The summed E-state index contributed by atoms with van der Waals surface area (Å²) < 4.78 is 0. The second kappa shape index (κ2) is 6.51. The lowest BCUT2D eigenvalue weighted by Crippen LogP contribution is -2.33. The quantitative estimate of drug-likeness (QED) is 0.496. The highest BCUT2D eigenvalue weighted by molar-refractivity contribution is 6.35. The highest BCUT2D eigenvalue weighted by atomic mass is 35.5. The Balaban J connectivity index is 1.83. The van der Waals surface area contributed by atoms with Gasteiger partial charge in [-0.15, -0.1) is 0 Å². The lowest BCUT2D eigenvalue weighted by Gasteiger charge is -2.07. The standard InChI is InChI=1S/C15H19Cl2N3/c1-9(2)7-19-15(18)20-8-10-5-13(10)12-4-3-11(16)6-14(12)17/h3-4,6,10,13H,1,5,7-8H2,2H3,(H3,18,19,20). The Hall–Kier alpha value is -1.19. The van der Waals surface area contributed by atoms with Crippen molar-refractivity contribution in [2.24, 2.45) is 16.6 Å². The van der Waals surface area contributed by atoms with Crippen LogP contribution in [0.15, 0.2) is 35.3 Å². The van der Waals surface area contributed by atoms with Gasteiger partial charge in [0.2, 0.25) is 0 Å². The second-order valence-corrected chi connectivity index (χ2v) is 6.15. The number of aliphatic imine (C=N–C) groups is 1. The van der Waals surface area contributed by atoms with Gasteiger partial charge < -0.3 is 11.1 Å². The zero-order valence-corrected chi connectivity index (χ0v) is 13.0. The zero-order valence-electron chi connectivity index (χ0n) is 11.5. The van der Waals surface area contributed by atoms with Gasteiger partial charge in [0, 0.05) is 16.6 Å². The van der Waals surface area contributed by atoms with Gasteiger partial charge in [0.05, 0.1) is 6.54 Å². The van der Waals surface area contributed by atoms with E-state index in [-0.39, 0.29) is 0 Å². The second-order valence-electron chi connectivity index (χ2n) is 5.31. The minimum atomic E-state index is 0.473. The molecule has 1 aliphatic carbocycles. The number of nitrogens with one attached hydrogen (secondary N) is 1. The van der Waals surface area contributed by atoms with E-state index in [1.807, 2.05) is 19.1 Å². The van der Waals surface area contributed by atoms with Crippen molar-refractivity contribution in [3.8, 4) is 0 Å². The van der Waals surface area contributed by atoms with Crippen LogP contribution in [-0.4, -0.2) is 19.0 Å². The Bertz CT molecular complexity index is 540. The molecular formula is C15H19Cl2N3. The molecule has 0 amide bonds. The number of guanidine groups is 1. The van der Waals surface area contributed by atoms with Crippen molar-refractivity contribution in [2.45, 2.75) is 19.3 Å². The summed E-state index contributed by atoms with van der Waals surface area (Å²) in [5.41, 5.74) is 7.95. The minimum absolute atomic E-state index is 0.473. The van der Waals surface area contributed by atoms with Crippen molar-refractivity contribution in [1.29, 1.82) is 0 Å². The molecule has 0 radical (unpaired) electrons. The molecule has 0 bridgehead atoms. The Labute approximate surface area is 129 Å². The first-order valence-corrected chi connectivity index (χ1v) is 7.36. The van der Waals surface area contributed by atoms with Crippen LogP contribution in [0.3, 0.4) is 0 Å². The van der Waals surface area contributed by atoms with E-state index in [0.717, 1.165) is 23.6 Å². The molecule has 0 aliphatic heterocycles. The molecule has 3 nitrogen and oxygen atoms in total. The molecule has 0 saturated heterocycles. The normalized spacial score (nSPS) is 21.6. The molecule has 0 heterocycles. The van der Waals surface area contributed by atoms with E-state index in [0.29, 0.717) is 29.4 Å². The fourth-order valence-electron chi connectivity index (χ4n) is 2.17. The average molecular weight is 312 g/mol. The van der Waals surface area contributed by atoms with Gasteiger partial charge in [-0.05, 0) is 42.9 Å². The molecule has 2 unspecified atom stereocenters. The van der Waals surface area contributed by atoms with Crippen LogP contribution < -0.4 is 11.1 Å². The van der Waals surface area contributed by atoms with Crippen LogP contribution in [0.4, 0.5) is 0 Å². The van der Waals surface area contributed by atoms with Crippen LogP contribution >= 0.6 is 23.2 Å².